The van der Waals surface area contributed by atoms with Gasteiger partial charge >= 0.3 is 0 Å². The summed E-state index contributed by atoms with van der Waals surface area (Å²) in [6.07, 6.45) is 10.9. The summed E-state index contributed by atoms with van der Waals surface area (Å²) in [6, 6.07) is 36.6. The van der Waals surface area contributed by atoms with Gasteiger partial charge in [-0.25, -0.2) is 0 Å². The Morgan fingerprint density at radius 3 is 2.22 bits per heavy atom. The van der Waals surface area contributed by atoms with Crippen LogP contribution >= 0.6 is 0 Å². The Morgan fingerprint density at radius 1 is 0.778 bits per heavy atom. The number of benzene rings is 4. The average Bonchev–Trinajstić information content (AvgIpc) is 3.79. The van der Waals surface area contributed by atoms with E-state index in [0.717, 1.165) is 50.4 Å². The summed E-state index contributed by atoms with van der Waals surface area (Å²) >= 11 is 0. The van der Waals surface area contributed by atoms with E-state index in [1.165, 1.54) is 65.5 Å². The minimum absolute atomic E-state index is 0. The van der Waals surface area contributed by atoms with Crippen LogP contribution in [0.2, 0.25) is 19.6 Å². The van der Waals surface area contributed by atoms with Crippen LogP contribution in [0.4, 0.5) is 0 Å². The molecule has 3 aromatic heterocycles. The average molecular weight is 905 g/mol. The minimum Gasteiger partial charge on any atom is -0.500 e. The fraction of sp³-hybridized carbons (Fsp3) is 0.306. The first-order valence-electron chi connectivity index (χ1n) is 19.3. The Balaban J connectivity index is 0.000000187. The predicted octanol–water partition coefficient (Wildman–Crippen LogP) is 13.0. The van der Waals surface area contributed by atoms with Crippen molar-refractivity contribution in [2.75, 3.05) is 0 Å². The Bertz CT molecular complexity index is 2380. The first kappa shape index (κ1) is 39.5. The van der Waals surface area contributed by atoms with Gasteiger partial charge in [-0.15, -0.1) is 59.2 Å². The predicted molar refractivity (Wildman–Crippen MR) is 227 cm³/mol. The van der Waals surface area contributed by atoms with Crippen LogP contribution < -0.4 is 5.19 Å². The van der Waals surface area contributed by atoms with Crippen molar-refractivity contribution in [2.24, 2.45) is 5.92 Å². The molecule has 0 saturated heterocycles. The number of furan rings is 1. The Kier molecular flexibility index (Phi) is 12.2. The zero-order valence-electron chi connectivity index (χ0n) is 33.1. The van der Waals surface area contributed by atoms with Crippen molar-refractivity contribution in [1.82, 2.24) is 9.97 Å². The molecule has 5 heteroatoms. The molecule has 0 spiro atoms. The molecule has 7 aromatic rings. The van der Waals surface area contributed by atoms with Gasteiger partial charge in [0.25, 0.3) is 0 Å². The number of pyridine rings is 2. The number of rotatable bonds is 7. The molecule has 1 fully saturated rings. The van der Waals surface area contributed by atoms with Crippen LogP contribution in [0.25, 0.3) is 55.6 Å². The molecule has 0 amide bonds. The number of aromatic nitrogens is 2. The normalized spacial score (nSPS) is 13.3. The molecule has 8 rings (SSSR count). The van der Waals surface area contributed by atoms with Crippen molar-refractivity contribution in [3.63, 3.8) is 0 Å². The molecule has 0 unspecified atom stereocenters. The summed E-state index contributed by atoms with van der Waals surface area (Å²) in [5.41, 5.74) is 15.1. The van der Waals surface area contributed by atoms with E-state index in [9.17, 15) is 0 Å². The van der Waals surface area contributed by atoms with Gasteiger partial charge in [-0.05, 0) is 83.1 Å². The number of hydrogen-bond acceptors (Lipinski definition) is 3. The number of fused-ring (bicyclic) bond motifs is 3. The Morgan fingerprint density at radius 2 is 1.52 bits per heavy atom. The molecule has 1 aliphatic carbocycles. The van der Waals surface area contributed by atoms with Gasteiger partial charge < -0.3 is 14.4 Å². The molecule has 3 nitrogen and oxygen atoms in total. The molecule has 0 N–H and O–H groups in total. The van der Waals surface area contributed by atoms with E-state index in [0.29, 0.717) is 5.92 Å². The molecule has 1 aliphatic rings. The van der Waals surface area contributed by atoms with Gasteiger partial charge in [0.1, 0.15) is 5.58 Å². The van der Waals surface area contributed by atoms with E-state index < -0.39 is 8.07 Å². The van der Waals surface area contributed by atoms with Crippen LogP contribution in [0.15, 0.2) is 102 Å². The summed E-state index contributed by atoms with van der Waals surface area (Å²) in [6.45, 7) is 18.2. The summed E-state index contributed by atoms with van der Waals surface area (Å²) in [7, 11) is -1.36. The fourth-order valence-electron chi connectivity index (χ4n) is 8.05. The van der Waals surface area contributed by atoms with Gasteiger partial charge in [-0.1, -0.05) is 125 Å². The summed E-state index contributed by atoms with van der Waals surface area (Å²) < 4.78 is 6.20. The van der Waals surface area contributed by atoms with Crippen molar-refractivity contribution in [3.8, 4) is 33.6 Å². The third kappa shape index (κ3) is 8.55. The summed E-state index contributed by atoms with van der Waals surface area (Å²) in [5, 5.41) is 3.76. The van der Waals surface area contributed by atoms with E-state index >= 15 is 0 Å². The van der Waals surface area contributed by atoms with Gasteiger partial charge in [0.05, 0.1) is 13.7 Å². The van der Waals surface area contributed by atoms with Crippen molar-refractivity contribution < 1.29 is 24.5 Å². The maximum atomic E-state index is 6.20. The first-order valence-corrected chi connectivity index (χ1v) is 22.8. The fourth-order valence-corrected chi connectivity index (χ4v) is 9.64. The van der Waals surface area contributed by atoms with Crippen LogP contribution in [-0.2, 0) is 26.5 Å². The van der Waals surface area contributed by atoms with E-state index in [1.807, 2.05) is 18.3 Å². The number of aryl methyl sites for hydroxylation is 3. The van der Waals surface area contributed by atoms with E-state index in [4.69, 9.17) is 9.40 Å². The molecule has 279 valence electrons. The minimum atomic E-state index is -1.36. The first-order chi connectivity index (χ1) is 25.5. The van der Waals surface area contributed by atoms with E-state index in [1.54, 1.807) is 10.8 Å². The van der Waals surface area contributed by atoms with Crippen molar-refractivity contribution >= 4 is 35.2 Å². The van der Waals surface area contributed by atoms with Crippen LogP contribution in [-0.4, -0.2) is 18.0 Å². The van der Waals surface area contributed by atoms with Gasteiger partial charge in [0.2, 0.25) is 0 Å². The largest absolute Gasteiger partial charge is 0.500 e. The molecule has 4 aromatic carbocycles. The molecule has 1 radical (unpaired) electrons. The smallest absolute Gasteiger partial charge is 0.121 e. The van der Waals surface area contributed by atoms with Crippen LogP contribution in [0.5, 0.6) is 0 Å². The third-order valence-corrected chi connectivity index (χ3v) is 13.1. The molecule has 0 atom stereocenters. The monoisotopic (exact) mass is 905 g/mol. The van der Waals surface area contributed by atoms with Crippen molar-refractivity contribution in [2.45, 2.75) is 92.3 Å². The van der Waals surface area contributed by atoms with Crippen LogP contribution in [0, 0.1) is 38.8 Å². The molecular formula is C49H52IrN2OSi-2. The second-order valence-corrected chi connectivity index (χ2v) is 21.4. The van der Waals surface area contributed by atoms with E-state index in [-0.39, 0.29) is 20.1 Å². The molecule has 0 aliphatic heterocycles. The second kappa shape index (κ2) is 16.7. The molecular weight excluding hydrogens is 853 g/mol. The summed E-state index contributed by atoms with van der Waals surface area (Å²) in [4.78, 5) is 9.39. The Hall–Kier alpha value is -4.15. The third-order valence-electron chi connectivity index (χ3n) is 11.0. The van der Waals surface area contributed by atoms with Crippen LogP contribution in [0.3, 0.4) is 0 Å². The topological polar surface area (TPSA) is 38.9 Å². The van der Waals surface area contributed by atoms with Gasteiger partial charge in [0, 0.05) is 37.9 Å². The zero-order chi connectivity index (χ0) is 37.3. The maximum Gasteiger partial charge on any atom is 0.121 e. The summed E-state index contributed by atoms with van der Waals surface area (Å²) in [5.74, 6) is 1.34. The molecule has 54 heavy (non-hydrogen) atoms. The van der Waals surface area contributed by atoms with E-state index in [2.05, 4.69) is 150 Å². The SMILES string of the molecule is Cc1ccc[c-]c1-c1cc(CC2CCCC2)c([Si](C)(C)C)cn1.Cc1cccc(C)c1-c1ccc2c(c1)oc1c[c-]c(-c3cc(C(C)C)ccn3)cc12.[Ir]. The molecule has 1 saturated carbocycles. The molecule has 3 heterocycles. The van der Waals surface area contributed by atoms with Crippen molar-refractivity contribution in [3.05, 3.63) is 137 Å². The van der Waals surface area contributed by atoms with Gasteiger partial charge in [-0.3, -0.25) is 0 Å². The van der Waals surface area contributed by atoms with Crippen LogP contribution in [0.1, 0.15) is 73.3 Å². The second-order valence-electron chi connectivity index (χ2n) is 16.4. The quantitative estimate of drug-likeness (QED) is 0.118. The maximum absolute atomic E-state index is 6.20. The zero-order valence-corrected chi connectivity index (χ0v) is 36.5. The van der Waals surface area contributed by atoms with Gasteiger partial charge in [-0.2, -0.15) is 0 Å². The van der Waals surface area contributed by atoms with Gasteiger partial charge in [0.15, 0.2) is 0 Å². The Labute approximate surface area is 337 Å². The molecule has 0 bridgehead atoms. The van der Waals surface area contributed by atoms with Crippen molar-refractivity contribution in [1.29, 1.82) is 0 Å². The number of hydrogen-bond donors (Lipinski definition) is 0. The standard InChI is InChI=1S/C28H24NO.C21H28NSi.Ir/c1-17(2)20-12-13-29-25(15-20)21-9-11-26-24(14-21)23-10-8-22(16-27(23)30-26)28-18(3)6-5-7-19(28)4;1-16-9-5-8-12-19(16)20-14-18(13-17-10-6-7-11-17)21(15-22-20)23(2,3)4;/h5-8,10-17H,1-4H3;5,8-9,14-15,17H,6-7,10-11,13H2,1-4H3;/q2*-1;. The number of nitrogens with zero attached hydrogens (tertiary/aromatic N) is 2.